The summed E-state index contributed by atoms with van der Waals surface area (Å²) in [6.07, 6.45) is 2.02. The molecule has 3 heterocycles. The van der Waals surface area contributed by atoms with Crippen LogP contribution in [0.2, 0.25) is 0 Å². The lowest BCUT2D eigenvalue weighted by Gasteiger charge is -2.35. The number of likely N-dealkylation sites (N-methyl/N-ethyl adjacent to an activating group) is 1. The van der Waals surface area contributed by atoms with E-state index in [-0.39, 0.29) is 18.2 Å². The van der Waals surface area contributed by atoms with E-state index < -0.39 is 0 Å². The Labute approximate surface area is 149 Å². The second-order valence-electron chi connectivity index (χ2n) is 7.14. The van der Waals surface area contributed by atoms with E-state index in [0.29, 0.717) is 19.6 Å². The minimum absolute atomic E-state index is 0.0369. The number of anilines is 1. The molecule has 7 heteroatoms. The molecule has 7 nitrogen and oxygen atoms in total. The van der Waals surface area contributed by atoms with E-state index in [1.165, 1.54) is 0 Å². The summed E-state index contributed by atoms with van der Waals surface area (Å²) in [6, 6.07) is 4.06. The van der Waals surface area contributed by atoms with Crippen molar-refractivity contribution < 1.29 is 9.53 Å². The Balaban J connectivity index is 1.49. The quantitative estimate of drug-likeness (QED) is 0.889. The molecule has 1 aromatic heterocycles. The molecule has 0 spiro atoms. The first-order chi connectivity index (χ1) is 12.0. The number of carbonyl (C=O) groups is 1. The Morgan fingerprint density at radius 3 is 2.48 bits per heavy atom. The fraction of sp³-hybridized carbons (Fsp3) is 0.667. The van der Waals surface area contributed by atoms with Gasteiger partial charge >= 0.3 is 6.03 Å². The van der Waals surface area contributed by atoms with Gasteiger partial charge in [-0.1, -0.05) is 6.07 Å². The molecule has 138 valence electrons. The van der Waals surface area contributed by atoms with Crippen LogP contribution in [0.4, 0.5) is 10.6 Å². The molecule has 0 radical (unpaired) electrons. The van der Waals surface area contributed by atoms with Crippen molar-refractivity contribution in [3.05, 3.63) is 23.9 Å². The third-order valence-electron chi connectivity index (χ3n) is 4.79. The van der Waals surface area contributed by atoms with Crippen molar-refractivity contribution >= 4 is 11.8 Å². The number of pyridine rings is 1. The van der Waals surface area contributed by atoms with Crippen LogP contribution >= 0.6 is 0 Å². The summed E-state index contributed by atoms with van der Waals surface area (Å²) in [7, 11) is 2.15. The molecule has 2 saturated heterocycles. The monoisotopic (exact) mass is 347 g/mol. The maximum absolute atomic E-state index is 12.3. The number of piperazine rings is 1. The molecule has 3 rings (SSSR count). The first-order valence-corrected chi connectivity index (χ1v) is 9.08. The Morgan fingerprint density at radius 2 is 1.88 bits per heavy atom. The molecule has 2 amide bonds. The number of urea groups is 1. The molecule has 0 aliphatic carbocycles. The lowest BCUT2D eigenvalue weighted by molar-refractivity contribution is -0.0545. The number of nitrogens with one attached hydrogen (secondary N) is 1. The third-order valence-corrected chi connectivity index (χ3v) is 4.79. The van der Waals surface area contributed by atoms with Crippen LogP contribution in [0.25, 0.3) is 0 Å². The molecule has 2 fully saturated rings. The fourth-order valence-electron chi connectivity index (χ4n) is 3.38. The molecule has 2 aliphatic rings. The zero-order valence-corrected chi connectivity index (χ0v) is 15.4. The highest BCUT2D eigenvalue weighted by atomic mass is 16.5. The van der Waals surface area contributed by atoms with Crippen LogP contribution < -0.4 is 10.2 Å². The first-order valence-electron chi connectivity index (χ1n) is 9.08. The van der Waals surface area contributed by atoms with Crippen molar-refractivity contribution in [2.75, 3.05) is 51.2 Å². The maximum Gasteiger partial charge on any atom is 0.317 e. The summed E-state index contributed by atoms with van der Waals surface area (Å²) < 4.78 is 5.67. The first kappa shape index (κ1) is 17.9. The highest BCUT2D eigenvalue weighted by molar-refractivity contribution is 5.74. The van der Waals surface area contributed by atoms with Gasteiger partial charge < -0.3 is 24.8 Å². The molecule has 0 saturated carbocycles. The van der Waals surface area contributed by atoms with E-state index in [1.54, 1.807) is 0 Å². The normalized spacial score (nSPS) is 25.1. The number of aromatic nitrogens is 1. The lowest BCUT2D eigenvalue weighted by atomic mass is 10.2. The van der Waals surface area contributed by atoms with Gasteiger partial charge in [-0.2, -0.15) is 0 Å². The molecule has 0 bridgehead atoms. The van der Waals surface area contributed by atoms with Crippen molar-refractivity contribution in [2.24, 2.45) is 0 Å². The SMILES string of the molecule is C[C@@H]1CN(C(=O)NCc2ccc(N3CCN(C)CC3)nc2)C[C@H](C)O1. The smallest absolute Gasteiger partial charge is 0.317 e. The van der Waals surface area contributed by atoms with Crippen LogP contribution in [0, 0.1) is 0 Å². The standard InChI is InChI=1S/C18H29N5O2/c1-14-12-23(13-15(2)25-14)18(24)20-11-16-4-5-17(19-10-16)22-8-6-21(3)7-9-22/h4-5,10,14-15H,6-9,11-13H2,1-3H3,(H,20,24)/t14-,15+. The molecular formula is C18H29N5O2. The molecule has 2 aliphatic heterocycles. The molecular weight excluding hydrogens is 318 g/mol. The van der Waals surface area contributed by atoms with E-state index >= 15 is 0 Å². The zero-order chi connectivity index (χ0) is 17.8. The van der Waals surface area contributed by atoms with Crippen LogP contribution in [0.15, 0.2) is 18.3 Å². The second-order valence-corrected chi connectivity index (χ2v) is 7.14. The highest BCUT2D eigenvalue weighted by Gasteiger charge is 2.25. The van der Waals surface area contributed by atoms with Crippen LogP contribution in [0.3, 0.4) is 0 Å². The average molecular weight is 347 g/mol. The summed E-state index contributed by atoms with van der Waals surface area (Å²) in [5, 5.41) is 2.99. The van der Waals surface area contributed by atoms with Gasteiger partial charge in [0.25, 0.3) is 0 Å². The Hall–Kier alpha value is -1.86. The number of nitrogens with zero attached hydrogens (tertiary/aromatic N) is 4. The number of hydrogen-bond acceptors (Lipinski definition) is 5. The van der Waals surface area contributed by atoms with Crippen molar-refractivity contribution in [3.8, 4) is 0 Å². The zero-order valence-electron chi connectivity index (χ0n) is 15.4. The predicted molar refractivity (Wildman–Crippen MR) is 97.8 cm³/mol. The van der Waals surface area contributed by atoms with Crippen molar-refractivity contribution in [2.45, 2.75) is 32.6 Å². The number of carbonyl (C=O) groups excluding carboxylic acids is 1. The topological polar surface area (TPSA) is 60.9 Å². The number of amides is 2. The molecule has 0 aromatic carbocycles. The van der Waals surface area contributed by atoms with Gasteiger partial charge in [-0.15, -0.1) is 0 Å². The summed E-state index contributed by atoms with van der Waals surface area (Å²) in [5.74, 6) is 1.01. The number of ether oxygens (including phenoxy) is 1. The Kier molecular flexibility index (Phi) is 5.75. The number of rotatable bonds is 3. The van der Waals surface area contributed by atoms with E-state index in [9.17, 15) is 4.79 Å². The summed E-state index contributed by atoms with van der Waals surface area (Å²) in [4.78, 5) is 23.4. The minimum Gasteiger partial charge on any atom is -0.372 e. The second kappa shape index (κ2) is 8.01. The lowest BCUT2D eigenvalue weighted by Crippen LogP contribution is -2.51. The Bertz CT molecular complexity index is 561. The van der Waals surface area contributed by atoms with Crippen LogP contribution in [0.1, 0.15) is 19.4 Å². The summed E-state index contributed by atoms with van der Waals surface area (Å²) in [5.41, 5.74) is 1.01. The van der Waals surface area contributed by atoms with Crippen LogP contribution in [-0.4, -0.2) is 79.3 Å². The molecule has 1 aromatic rings. The van der Waals surface area contributed by atoms with Gasteiger partial charge in [0, 0.05) is 52.0 Å². The highest BCUT2D eigenvalue weighted by Crippen LogP contribution is 2.14. The van der Waals surface area contributed by atoms with Gasteiger partial charge in [0.1, 0.15) is 5.82 Å². The van der Waals surface area contributed by atoms with E-state index in [2.05, 4.69) is 27.1 Å². The van der Waals surface area contributed by atoms with E-state index in [4.69, 9.17) is 4.74 Å². The summed E-state index contributed by atoms with van der Waals surface area (Å²) in [6.45, 7) is 9.90. The van der Waals surface area contributed by atoms with Crippen molar-refractivity contribution in [3.63, 3.8) is 0 Å². The summed E-state index contributed by atoms with van der Waals surface area (Å²) >= 11 is 0. The van der Waals surface area contributed by atoms with Gasteiger partial charge in [-0.05, 0) is 32.5 Å². The van der Waals surface area contributed by atoms with Crippen molar-refractivity contribution in [1.82, 2.24) is 20.1 Å². The molecule has 2 atom stereocenters. The maximum atomic E-state index is 12.3. The molecule has 1 N–H and O–H groups in total. The third kappa shape index (κ3) is 4.83. The fourth-order valence-corrected chi connectivity index (χ4v) is 3.38. The van der Waals surface area contributed by atoms with Crippen molar-refractivity contribution in [1.29, 1.82) is 0 Å². The van der Waals surface area contributed by atoms with Gasteiger partial charge in [-0.3, -0.25) is 0 Å². The predicted octanol–water partition coefficient (Wildman–Crippen LogP) is 1.15. The van der Waals surface area contributed by atoms with Crippen LogP contribution in [-0.2, 0) is 11.3 Å². The van der Waals surface area contributed by atoms with Gasteiger partial charge in [0.15, 0.2) is 0 Å². The minimum atomic E-state index is -0.0369. The molecule has 0 unspecified atom stereocenters. The number of morpholine rings is 1. The average Bonchev–Trinajstić information content (AvgIpc) is 2.60. The van der Waals surface area contributed by atoms with E-state index in [0.717, 1.165) is 37.6 Å². The molecule has 25 heavy (non-hydrogen) atoms. The largest absolute Gasteiger partial charge is 0.372 e. The van der Waals surface area contributed by atoms with Gasteiger partial charge in [0.2, 0.25) is 0 Å². The van der Waals surface area contributed by atoms with Gasteiger partial charge in [-0.25, -0.2) is 9.78 Å². The van der Waals surface area contributed by atoms with E-state index in [1.807, 2.05) is 37.1 Å². The number of hydrogen-bond donors (Lipinski definition) is 1. The van der Waals surface area contributed by atoms with Gasteiger partial charge in [0.05, 0.1) is 12.2 Å². The Morgan fingerprint density at radius 1 is 1.20 bits per heavy atom. The van der Waals surface area contributed by atoms with Crippen LogP contribution in [0.5, 0.6) is 0 Å².